The Hall–Kier alpha value is -1.65. The van der Waals surface area contributed by atoms with Gasteiger partial charge in [-0.15, -0.1) is 0 Å². The summed E-state index contributed by atoms with van der Waals surface area (Å²) in [7, 11) is 0. The van der Waals surface area contributed by atoms with Gasteiger partial charge in [0.05, 0.1) is 5.56 Å². The Balaban J connectivity index is 1.41. The molecule has 0 saturated heterocycles. The van der Waals surface area contributed by atoms with E-state index in [1.54, 1.807) is 6.07 Å². The molecule has 4 rings (SSSR count). The van der Waals surface area contributed by atoms with E-state index < -0.39 is 23.4 Å². The van der Waals surface area contributed by atoms with Crippen molar-refractivity contribution < 1.29 is 22.0 Å². The van der Waals surface area contributed by atoms with E-state index in [2.05, 4.69) is 6.92 Å². The second-order valence-electron chi connectivity index (χ2n) is 10.5. The molecule has 0 spiro atoms. The summed E-state index contributed by atoms with van der Waals surface area (Å²) in [6, 6.07) is 4.52. The Bertz CT molecular complexity index is 947. The van der Waals surface area contributed by atoms with Crippen molar-refractivity contribution in [2.75, 3.05) is 0 Å². The van der Waals surface area contributed by atoms with E-state index in [9.17, 15) is 22.0 Å². The van der Waals surface area contributed by atoms with Gasteiger partial charge in [-0.3, -0.25) is 0 Å². The molecule has 33 heavy (non-hydrogen) atoms. The molecule has 2 aromatic carbocycles. The van der Waals surface area contributed by atoms with E-state index in [0.29, 0.717) is 12.0 Å². The van der Waals surface area contributed by atoms with Gasteiger partial charge in [0, 0.05) is 5.39 Å². The fourth-order valence-electron chi connectivity index (χ4n) is 6.40. The second-order valence-corrected chi connectivity index (χ2v) is 10.5. The Morgan fingerprint density at radius 3 is 2.27 bits per heavy atom. The van der Waals surface area contributed by atoms with Gasteiger partial charge in [0.25, 0.3) is 0 Å². The molecule has 0 radical (unpaired) electrons. The summed E-state index contributed by atoms with van der Waals surface area (Å²) >= 11 is 0. The third-order valence-electron chi connectivity index (χ3n) is 8.23. The first-order valence-electron chi connectivity index (χ1n) is 12.8. The summed E-state index contributed by atoms with van der Waals surface area (Å²) in [6.07, 6.45) is 10.1. The fourth-order valence-corrected chi connectivity index (χ4v) is 6.40. The molecule has 0 heterocycles. The van der Waals surface area contributed by atoms with Crippen molar-refractivity contribution in [3.05, 3.63) is 47.0 Å². The number of hydrogen-bond donors (Lipinski definition) is 0. The number of fused-ring (bicyclic) bond motifs is 2. The third kappa shape index (κ3) is 5.71. The second kappa shape index (κ2) is 10.3. The number of alkyl halides is 3. The fraction of sp³-hybridized carbons (Fsp3) is 0.643. The molecule has 0 bridgehead atoms. The first-order valence-corrected chi connectivity index (χ1v) is 12.8. The molecule has 5 heteroatoms. The lowest BCUT2D eigenvalue weighted by Gasteiger charge is -2.42. The van der Waals surface area contributed by atoms with Crippen molar-refractivity contribution >= 4 is 10.8 Å². The van der Waals surface area contributed by atoms with Crippen molar-refractivity contribution in [3.8, 4) is 0 Å². The molecule has 0 N–H and O–H groups in total. The minimum atomic E-state index is -4.84. The lowest BCUT2D eigenvalue weighted by molar-refractivity contribution is -0.139. The van der Waals surface area contributed by atoms with Crippen LogP contribution < -0.4 is 0 Å². The van der Waals surface area contributed by atoms with E-state index in [0.717, 1.165) is 42.7 Å². The molecule has 0 amide bonds. The highest BCUT2D eigenvalue weighted by atomic mass is 19.4. The highest BCUT2D eigenvalue weighted by molar-refractivity contribution is 5.85. The number of unbranched alkanes of at least 4 members (excludes halogenated alkanes) is 4. The lowest BCUT2D eigenvalue weighted by atomic mass is 9.63. The molecule has 2 aliphatic rings. The highest BCUT2D eigenvalue weighted by Crippen LogP contribution is 2.49. The largest absolute Gasteiger partial charge is 0.419 e. The molecule has 0 nitrogen and oxygen atoms in total. The van der Waals surface area contributed by atoms with Crippen LogP contribution in [0.2, 0.25) is 0 Å². The van der Waals surface area contributed by atoms with Crippen LogP contribution in [0.25, 0.3) is 10.8 Å². The molecule has 0 aromatic heterocycles. The van der Waals surface area contributed by atoms with Gasteiger partial charge in [-0.05, 0) is 84.9 Å². The Kier molecular flexibility index (Phi) is 7.65. The van der Waals surface area contributed by atoms with Crippen LogP contribution in [0.3, 0.4) is 0 Å². The van der Waals surface area contributed by atoms with Gasteiger partial charge in [0.1, 0.15) is 11.6 Å². The highest BCUT2D eigenvalue weighted by Gasteiger charge is 2.37. The van der Waals surface area contributed by atoms with Gasteiger partial charge >= 0.3 is 6.18 Å². The van der Waals surface area contributed by atoms with E-state index in [-0.39, 0.29) is 16.7 Å². The first-order chi connectivity index (χ1) is 15.8. The molecule has 2 aliphatic carbocycles. The zero-order chi connectivity index (χ0) is 23.6. The number of rotatable bonds is 7. The van der Waals surface area contributed by atoms with Gasteiger partial charge in [-0.25, -0.2) is 8.78 Å². The molecule has 2 unspecified atom stereocenters. The third-order valence-corrected chi connectivity index (χ3v) is 8.23. The van der Waals surface area contributed by atoms with Crippen LogP contribution in [0.15, 0.2) is 24.3 Å². The van der Waals surface area contributed by atoms with Crippen molar-refractivity contribution in [3.63, 3.8) is 0 Å². The molecule has 2 aromatic rings. The van der Waals surface area contributed by atoms with Crippen molar-refractivity contribution in [2.24, 2.45) is 17.8 Å². The summed E-state index contributed by atoms with van der Waals surface area (Å²) in [6.45, 7) is 2.24. The molecule has 182 valence electrons. The maximum Gasteiger partial charge on any atom is 0.419 e. The van der Waals surface area contributed by atoms with Crippen molar-refractivity contribution in [1.82, 2.24) is 0 Å². The van der Waals surface area contributed by atoms with E-state index >= 15 is 0 Å². The predicted octanol–water partition coefficient (Wildman–Crippen LogP) is 9.80. The monoisotopic (exact) mass is 466 g/mol. The summed E-state index contributed by atoms with van der Waals surface area (Å²) < 4.78 is 67.9. The normalized spacial score (nSPS) is 25.9. The summed E-state index contributed by atoms with van der Waals surface area (Å²) in [5.41, 5.74) is -0.611. The van der Waals surface area contributed by atoms with Gasteiger partial charge in [-0.1, -0.05) is 57.9 Å². The van der Waals surface area contributed by atoms with Gasteiger partial charge in [0.15, 0.2) is 0 Å². The topological polar surface area (TPSA) is 0 Å². The average molecular weight is 467 g/mol. The van der Waals surface area contributed by atoms with Crippen LogP contribution in [0.1, 0.15) is 101 Å². The van der Waals surface area contributed by atoms with Crippen LogP contribution >= 0.6 is 0 Å². The predicted molar refractivity (Wildman–Crippen MR) is 123 cm³/mol. The molecular weight excluding hydrogens is 431 g/mol. The lowest BCUT2D eigenvalue weighted by Crippen LogP contribution is -2.30. The van der Waals surface area contributed by atoms with Gasteiger partial charge in [-0.2, -0.15) is 13.2 Å². The quantitative estimate of drug-likeness (QED) is 0.281. The zero-order valence-electron chi connectivity index (χ0n) is 19.5. The number of halogens is 5. The SMILES string of the molecule is CCCCCCC[C@@H]1CC[C@@H]2CC(c3cc(F)c4cc(C(F)(F)F)c(F)cc4c3)CCC2C1. The Morgan fingerprint density at radius 2 is 1.52 bits per heavy atom. The average Bonchev–Trinajstić information content (AvgIpc) is 2.77. The smallest absolute Gasteiger partial charge is 0.206 e. The van der Waals surface area contributed by atoms with E-state index in [1.807, 2.05) is 0 Å². The van der Waals surface area contributed by atoms with Crippen LogP contribution in [0, 0.1) is 29.4 Å². The molecule has 0 aliphatic heterocycles. The number of hydrogen-bond acceptors (Lipinski definition) is 0. The molecule has 2 saturated carbocycles. The van der Waals surface area contributed by atoms with Crippen LogP contribution in [-0.2, 0) is 6.18 Å². The van der Waals surface area contributed by atoms with Gasteiger partial charge < -0.3 is 0 Å². The maximum atomic E-state index is 14.8. The Morgan fingerprint density at radius 1 is 0.788 bits per heavy atom. The minimum absolute atomic E-state index is 0.166. The van der Waals surface area contributed by atoms with E-state index in [4.69, 9.17) is 0 Å². The van der Waals surface area contributed by atoms with Gasteiger partial charge in [0.2, 0.25) is 0 Å². The van der Waals surface area contributed by atoms with Crippen LogP contribution in [0.5, 0.6) is 0 Å². The molecular formula is C28H35F5. The first kappa shape index (κ1) is 24.5. The molecule has 4 atom stereocenters. The minimum Gasteiger partial charge on any atom is -0.206 e. The standard InChI is InChI=1S/C28H35F5/c1-2-3-4-5-6-7-18-8-9-20-13-21(11-10-19(20)12-18)22-14-23-16-27(30)25(28(31,32)33)17-24(23)26(29)15-22/h14-21H,2-13H2,1H3/t18-,19?,20-,21?/m1/s1. The Labute approximate surface area is 193 Å². The summed E-state index contributed by atoms with van der Waals surface area (Å²) in [4.78, 5) is 0. The summed E-state index contributed by atoms with van der Waals surface area (Å²) in [5.74, 6) is 0.385. The summed E-state index contributed by atoms with van der Waals surface area (Å²) in [5, 5.41) is 0.0463. The van der Waals surface area contributed by atoms with Crippen LogP contribution in [-0.4, -0.2) is 0 Å². The van der Waals surface area contributed by atoms with Crippen molar-refractivity contribution in [1.29, 1.82) is 0 Å². The number of benzene rings is 2. The van der Waals surface area contributed by atoms with E-state index in [1.165, 1.54) is 63.9 Å². The molecule has 2 fully saturated rings. The maximum absolute atomic E-state index is 14.8. The van der Waals surface area contributed by atoms with Crippen molar-refractivity contribution in [2.45, 2.75) is 96.1 Å². The van der Waals surface area contributed by atoms with Crippen LogP contribution in [0.4, 0.5) is 22.0 Å². The zero-order valence-corrected chi connectivity index (χ0v) is 19.5.